The molecule has 2 aliphatic heterocycles. The largest absolute Gasteiger partial charge is 0.454 e. The lowest BCUT2D eigenvalue weighted by Gasteiger charge is -2.32. The van der Waals surface area contributed by atoms with Crippen molar-refractivity contribution < 1.29 is 9.53 Å². The van der Waals surface area contributed by atoms with Gasteiger partial charge in [0, 0.05) is 56.2 Å². The third-order valence-corrected chi connectivity index (χ3v) is 7.60. The molecule has 3 aromatic rings. The van der Waals surface area contributed by atoms with Crippen molar-refractivity contribution in [3.8, 4) is 22.6 Å². The number of nitrogens with one attached hydrogen (secondary N) is 2. The molecule has 10 heteroatoms. The van der Waals surface area contributed by atoms with Gasteiger partial charge in [-0.25, -0.2) is 9.97 Å². The van der Waals surface area contributed by atoms with E-state index in [4.69, 9.17) is 27.9 Å². The Kier molecular flexibility index (Phi) is 9.19. The number of anilines is 1. The summed E-state index contributed by atoms with van der Waals surface area (Å²) in [5.41, 5.74) is 3.04. The van der Waals surface area contributed by atoms with E-state index < -0.39 is 0 Å². The van der Waals surface area contributed by atoms with Gasteiger partial charge in [-0.2, -0.15) is 0 Å². The van der Waals surface area contributed by atoms with Gasteiger partial charge >= 0.3 is 0 Å². The molecule has 206 valence electrons. The van der Waals surface area contributed by atoms with E-state index in [0.29, 0.717) is 33.4 Å². The van der Waals surface area contributed by atoms with E-state index in [1.54, 1.807) is 25.4 Å². The van der Waals surface area contributed by atoms with Crippen LogP contribution in [0.25, 0.3) is 11.1 Å². The first-order chi connectivity index (χ1) is 18.9. The Labute approximate surface area is 239 Å². The summed E-state index contributed by atoms with van der Waals surface area (Å²) in [5.74, 6) is 2.56. The van der Waals surface area contributed by atoms with Crippen LogP contribution in [0.3, 0.4) is 0 Å². The molecule has 3 heterocycles. The summed E-state index contributed by atoms with van der Waals surface area (Å²) in [4.78, 5) is 25.0. The van der Waals surface area contributed by atoms with Crippen LogP contribution in [0, 0.1) is 5.92 Å². The number of halogens is 2. The smallest absolute Gasteiger partial charge is 0.225 e. The molecule has 2 fully saturated rings. The maximum Gasteiger partial charge on any atom is 0.225 e. The highest BCUT2D eigenvalue weighted by Crippen LogP contribution is 2.33. The first kappa shape index (κ1) is 27.6. The lowest BCUT2D eigenvalue weighted by Crippen LogP contribution is -2.44. The van der Waals surface area contributed by atoms with E-state index in [0.717, 1.165) is 81.9 Å². The van der Waals surface area contributed by atoms with Crippen LogP contribution in [-0.2, 0) is 11.3 Å². The van der Waals surface area contributed by atoms with Crippen LogP contribution in [0.15, 0.2) is 48.8 Å². The molecule has 0 spiro atoms. The monoisotopic (exact) mass is 568 g/mol. The van der Waals surface area contributed by atoms with Gasteiger partial charge in [0.2, 0.25) is 11.9 Å². The molecular formula is C29H34Cl2N6O2. The first-order valence-corrected chi connectivity index (χ1v) is 14.2. The molecule has 0 atom stereocenters. The van der Waals surface area contributed by atoms with Crippen LogP contribution in [0.1, 0.15) is 25.3 Å². The first-order valence-electron chi connectivity index (χ1n) is 13.4. The number of piperazine rings is 1. The third kappa shape index (κ3) is 7.82. The number of nitrogens with zero attached hydrogens (tertiary/aromatic N) is 4. The highest BCUT2D eigenvalue weighted by atomic mass is 35.5. The number of amides is 1. The Morgan fingerprint density at radius 2 is 1.62 bits per heavy atom. The Morgan fingerprint density at radius 3 is 2.28 bits per heavy atom. The number of aromatic nitrogens is 2. The number of hydrogen-bond acceptors (Lipinski definition) is 7. The second-order valence-electron chi connectivity index (χ2n) is 10.2. The van der Waals surface area contributed by atoms with Gasteiger partial charge < -0.3 is 20.3 Å². The summed E-state index contributed by atoms with van der Waals surface area (Å²) < 4.78 is 6.26. The zero-order chi connectivity index (χ0) is 27.2. The summed E-state index contributed by atoms with van der Waals surface area (Å²) in [5, 5.41) is 7.47. The molecule has 2 aromatic carbocycles. The normalized spacial score (nSPS) is 16.7. The molecule has 2 N–H and O–H groups in total. The number of carbonyl (C=O) groups excluding carboxylic acids is 1. The molecular weight excluding hydrogens is 535 g/mol. The predicted molar refractivity (Wildman–Crippen MR) is 156 cm³/mol. The van der Waals surface area contributed by atoms with Crippen molar-refractivity contribution in [1.29, 1.82) is 0 Å². The highest BCUT2D eigenvalue weighted by Gasteiger charge is 2.20. The van der Waals surface area contributed by atoms with Crippen molar-refractivity contribution >= 4 is 35.1 Å². The van der Waals surface area contributed by atoms with Gasteiger partial charge in [-0.3, -0.25) is 9.69 Å². The van der Waals surface area contributed by atoms with Gasteiger partial charge in [-0.1, -0.05) is 23.2 Å². The van der Waals surface area contributed by atoms with Gasteiger partial charge in [0.25, 0.3) is 0 Å². The van der Waals surface area contributed by atoms with E-state index in [1.165, 1.54) is 0 Å². The number of carbonyl (C=O) groups is 1. The zero-order valence-corrected chi connectivity index (χ0v) is 23.6. The van der Waals surface area contributed by atoms with Crippen LogP contribution < -0.4 is 20.3 Å². The molecule has 0 saturated carbocycles. The molecule has 0 aliphatic carbocycles. The molecule has 0 radical (unpaired) electrons. The minimum Gasteiger partial charge on any atom is -0.454 e. The summed E-state index contributed by atoms with van der Waals surface area (Å²) in [6.07, 6.45) is 5.58. The fourth-order valence-electron chi connectivity index (χ4n) is 5.12. The molecule has 1 aromatic heterocycles. The number of rotatable bonds is 8. The Balaban J connectivity index is 1.33. The van der Waals surface area contributed by atoms with E-state index >= 15 is 0 Å². The molecule has 2 saturated heterocycles. The minimum absolute atomic E-state index is 0.0340. The molecule has 0 unspecified atom stereocenters. The van der Waals surface area contributed by atoms with E-state index in [1.807, 2.05) is 18.2 Å². The van der Waals surface area contributed by atoms with Crippen LogP contribution in [0.2, 0.25) is 10.0 Å². The van der Waals surface area contributed by atoms with Crippen LogP contribution >= 0.6 is 23.2 Å². The quantitative estimate of drug-likeness (QED) is 0.395. The van der Waals surface area contributed by atoms with Crippen LogP contribution in [0.5, 0.6) is 11.5 Å². The Bertz CT molecular complexity index is 1260. The summed E-state index contributed by atoms with van der Waals surface area (Å²) >= 11 is 12.7. The topological polar surface area (TPSA) is 82.6 Å². The minimum atomic E-state index is 0.0340. The van der Waals surface area contributed by atoms with Gasteiger partial charge in [0.1, 0.15) is 5.75 Å². The van der Waals surface area contributed by atoms with Crippen molar-refractivity contribution in [3.05, 3.63) is 64.4 Å². The number of hydrogen-bond donors (Lipinski definition) is 2. The molecule has 5 rings (SSSR count). The van der Waals surface area contributed by atoms with Crippen molar-refractivity contribution in [2.24, 2.45) is 5.92 Å². The molecule has 2 aliphatic rings. The maximum atomic E-state index is 11.3. The lowest BCUT2D eigenvalue weighted by molar-refractivity contribution is -0.119. The summed E-state index contributed by atoms with van der Waals surface area (Å²) in [6.45, 7) is 8.71. The number of piperidine rings is 1. The highest BCUT2D eigenvalue weighted by molar-refractivity contribution is 6.35. The van der Waals surface area contributed by atoms with Crippen molar-refractivity contribution in [2.75, 3.05) is 50.7 Å². The Hall–Kier alpha value is -2.91. The number of likely N-dealkylation sites (tertiary alicyclic amines) is 1. The fraction of sp³-hybridized carbons (Fsp3) is 0.414. The van der Waals surface area contributed by atoms with Crippen LogP contribution in [-0.4, -0.2) is 66.6 Å². The number of benzene rings is 2. The summed E-state index contributed by atoms with van der Waals surface area (Å²) in [6, 6.07) is 11.8. The van der Waals surface area contributed by atoms with Crippen molar-refractivity contribution in [2.45, 2.75) is 26.3 Å². The molecule has 39 heavy (non-hydrogen) atoms. The van der Waals surface area contributed by atoms with Gasteiger partial charge in [0.15, 0.2) is 5.75 Å². The average molecular weight is 570 g/mol. The van der Waals surface area contributed by atoms with E-state index in [2.05, 4.69) is 42.5 Å². The summed E-state index contributed by atoms with van der Waals surface area (Å²) in [7, 11) is 0. The van der Waals surface area contributed by atoms with Crippen molar-refractivity contribution in [3.63, 3.8) is 0 Å². The van der Waals surface area contributed by atoms with E-state index in [9.17, 15) is 4.79 Å². The zero-order valence-electron chi connectivity index (χ0n) is 22.1. The molecule has 8 nitrogen and oxygen atoms in total. The number of ether oxygens (including phenoxy) is 1. The Morgan fingerprint density at radius 1 is 0.949 bits per heavy atom. The SMILES string of the molecule is CC(=O)NCC1CCN(Cc2cc(Oc3cnc(N4CCNCC4)nc3)cc(-c3cc(Cl)cc(Cl)c3)c2)CC1. The second kappa shape index (κ2) is 13.0. The van der Waals surface area contributed by atoms with Crippen LogP contribution in [0.4, 0.5) is 5.95 Å². The fourth-order valence-corrected chi connectivity index (χ4v) is 5.65. The maximum absolute atomic E-state index is 11.3. The molecule has 1 amide bonds. The second-order valence-corrected chi connectivity index (χ2v) is 11.1. The standard InChI is InChI=1S/C29H34Cl2N6O2/c1-20(38)33-16-21-2-6-36(7-3-21)19-22-10-23(24-12-25(30)15-26(31)13-24)14-27(11-22)39-28-17-34-29(35-18-28)37-8-4-32-5-9-37/h10-15,17-18,21,32H,2-9,16,19H2,1H3,(H,33,38). The van der Waals surface area contributed by atoms with Gasteiger partial charge in [-0.05, 0) is 84.9 Å². The molecule has 0 bridgehead atoms. The lowest BCUT2D eigenvalue weighted by atomic mass is 9.96. The average Bonchev–Trinajstić information content (AvgIpc) is 2.93. The third-order valence-electron chi connectivity index (χ3n) is 7.17. The van der Waals surface area contributed by atoms with Gasteiger partial charge in [-0.15, -0.1) is 0 Å². The van der Waals surface area contributed by atoms with E-state index in [-0.39, 0.29) is 5.91 Å². The van der Waals surface area contributed by atoms with Crippen molar-refractivity contribution in [1.82, 2.24) is 25.5 Å². The van der Waals surface area contributed by atoms with Gasteiger partial charge in [0.05, 0.1) is 12.4 Å². The predicted octanol–water partition coefficient (Wildman–Crippen LogP) is 5.00.